The van der Waals surface area contributed by atoms with Gasteiger partial charge in [-0.2, -0.15) is 0 Å². The molecule has 124 valence electrons. The summed E-state index contributed by atoms with van der Waals surface area (Å²) in [5.41, 5.74) is 11.7. The Hall–Kier alpha value is -1.14. The first-order valence-electron chi connectivity index (χ1n) is 7.88. The Balaban J connectivity index is 3.96. The molecule has 0 saturated heterocycles. The maximum atomic E-state index is 11.8. The van der Waals surface area contributed by atoms with E-state index in [1.807, 2.05) is 27.7 Å². The molecule has 0 aromatic carbocycles. The van der Waals surface area contributed by atoms with Crippen molar-refractivity contribution >= 4 is 11.8 Å². The monoisotopic (exact) mass is 300 g/mol. The molecule has 0 aliphatic heterocycles. The van der Waals surface area contributed by atoms with E-state index in [9.17, 15) is 9.59 Å². The summed E-state index contributed by atoms with van der Waals surface area (Å²) in [6.07, 6.45) is 3.00. The second-order valence-electron chi connectivity index (χ2n) is 5.87. The molecule has 0 spiro atoms. The third-order valence-corrected chi connectivity index (χ3v) is 3.78. The Morgan fingerprint density at radius 3 is 1.48 bits per heavy atom. The molecule has 2 amide bonds. The SMILES string of the molecule is CCC(N)CC(C)C(=O)NCNC(=O)C(C)CC(N)CC. The van der Waals surface area contributed by atoms with Crippen molar-refractivity contribution in [1.82, 2.24) is 10.6 Å². The van der Waals surface area contributed by atoms with Crippen LogP contribution in [0.4, 0.5) is 0 Å². The van der Waals surface area contributed by atoms with E-state index in [1.165, 1.54) is 0 Å². The number of nitrogens with two attached hydrogens (primary N) is 2. The summed E-state index contributed by atoms with van der Waals surface area (Å²) >= 11 is 0. The minimum Gasteiger partial charge on any atom is -0.338 e. The van der Waals surface area contributed by atoms with Gasteiger partial charge in [0.25, 0.3) is 0 Å². The molecule has 0 bridgehead atoms. The van der Waals surface area contributed by atoms with Gasteiger partial charge in [0.1, 0.15) is 0 Å². The predicted molar refractivity (Wildman–Crippen MR) is 85.2 cm³/mol. The van der Waals surface area contributed by atoms with Gasteiger partial charge in [-0.1, -0.05) is 27.7 Å². The van der Waals surface area contributed by atoms with Gasteiger partial charge < -0.3 is 22.1 Å². The zero-order chi connectivity index (χ0) is 16.4. The first kappa shape index (κ1) is 19.9. The summed E-state index contributed by atoms with van der Waals surface area (Å²) in [7, 11) is 0. The van der Waals surface area contributed by atoms with Crippen LogP contribution in [0.1, 0.15) is 53.4 Å². The fourth-order valence-corrected chi connectivity index (χ4v) is 2.02. The summed E-state index contributed by atoms with van der Waals surface area (Å²) in [5, 5.41) is 5.41. The van der Waals surface area contributed by atoms with Crippen LogP contribution < -0.4 is 22.1 Å². The van der Waals surface area contributed by atoms with Crippen LogP contribution in [0, 0.1) is 11.8 Å². The second-order valence-corrected chi connectivity index (χ2v) is 5.87. The first-order valence-corrected chi connectivity index (χ1v) is 7.88. The summed E-state index contributed by atoms with van der Waals surface area (Å²) < 4.78 is 0. The van der Waals surface area contributed by atoms with Crippen LogP contribution in [0.5, 0.6) is 0 Å². The zero-order valence-corrected chi connectivity index (χ0v) is 13.8. The molecule has 0 aromatic heterocycles. The standard InChI is InChI=1S/C15H32N4O2/c1-5-12(16)7-10(3)14(20)18-9-19-15(21)11(4)8-13(17)6-2/h10-13H,5-9,16-17H2,1-4H3,(H,18,20)(H,19,21). The molecule has 6 N–H and O–H groups in total. The van der Waals surface area contributed by atoms with E-state index in [1.54, 1.807) is 0 Å². The van der Waals surface area contributed by atoms with Crippen molar-refractivity contribution in [3.8, 4) is 0 Å². The molecule has 0 aliphatic carbocycles. The number of rotatable bonds is 10. The lowest BCUT2D eigenvalue weighted by Crippen LogP contribution is -2.43. The second kappa shape index (κ2) is 10.6. The number of carbonyl (C=O) groups is 2. The highest BCUT2D eigenvalue weighted by molar-refractivity contribution is 5.80. The van der Waals surface area contributed by atoms with Gasteiger partial charge in [-0.3, -0.25) is 9.59 Å². The smallest absolute Gasteiger partial charge is 0.224 e. The van der Waals surface area contributed by atoms with Gasteiger partial charge in [0.05, 0.1) is 6.67 Å². The molecular formula is C15H32N4O2. The summed E-state index contributed by atoms with van der Waals surface area (Å²) in [6.45, 7) is 7.83. The molecule has 21 heavy (non-hydrogen) atoms. The quantitative estimate of drug-likeness (QED) is 0.445. The molecule has 0 aliphatic rings. The first-order chi connectivity index (χ1) is 9.81. The fraction of sp³-hybridized carbons (Fsp3) is 0.867. The van der Waals surface area contributed by atoms with Crippen molar-refractivity contribution in [2.24, 2.45) is 23.3 Å². The lowest BCUT2D eigenvalue weighted by Gasteiger charge is -2.18. The van der Waals surface area contributed by atoms with Crippen molar-refractivity contribution in [3.63, 3.8) is 0 Å². The molecule has 4 unspecified atom stereocenters. The maximum Gasteiger partial charge on any atom is 0.224 e. The largest absolute Gasteiger partial charge is 0.338 e. The highest BCUT2D eigenvalue weighted by atomic mass is 16.2. The van der Waals surface area contributed by atoms with Crippen LogP contribution >= 0.6 is 0 Å². The number of carbonyl (C=O) groups excluding carboxylic acids is 2. The average Bonchev–Trinajstić information content (AvgIpc) is 2.46. The maximum absolute atomic E-state index is 11.8. The average molecular weight is 300 g/mol. The Bertz CT molecular complexity index is 293. The van der Waals surface area contributed by atoms with Crippen LogP contribution in [0.15, 0.2) is 0 Å². The molecule has 0 heterocycles. The summed E-state index contributed by atoms with van der Waals surface area (Å²) in [6, 6.07) is 0.0757. The van der Waals surface area contributed by atoms with E-state index < -0.39 is 0 Å². The molecular weight excluding hydrogens is 268 g/mol. The van der Waals surface area contributed by atoms with Crippen LogP contribution in [0.25, 0.3) is 0 Å². The van der Waals surface area contributed by atoms with Crippen molar-refractivity contribution < 1.29 is 9.59 Å². The van der Waals surface area contributed by atoms with Crippen LogP contribution in [-0.4, -0.2) is 30.6 Å². The van der Waals surface area contributed by atoms with E-state index in [4.69, 9.17) is 11.5 Å². The minimum absolute atomic E-state index is 0.0379. The molecule has 4 atom stereocenters. The van der Waals surface area contributed by atoms with Gasteiger partial charge in [-0.15, -0.1) is 0 Å². The molecule has 0 saturated carbocycles. The van der Waals surface area contributed by atoms with Gasteiger partial charge in [0.2, 0.25) is 11.8 Å². The molecule has 6 nitrogen and oxygen atoms in total. The molecule has 0 aromatic rings. The third kappa shape index (κ3) is 8.67. The van der Waals surface area contributed by atoms with Gasteiger partial charge in [0, 0.05) is 23.9 Å². The number of hydrogen-bond donors (Lipinski definition) is 4. The van der Waals surface area contributed by atoms with E-state index in [-0.39, 0.29) is 42.4 Å². The number of amides is 2. The van der Waals surface area contributed by atoms with E-state index in [2.05, 4.69) is 10.6 Å². The van der Waals surface area contributed by atoms with Crippen LogP contribution in [0.2, 0.25) is 0 Å². The topological polar surface area (TPSA) is 110 Å². The Morgan fingerprint density at radius 1 is 0.857 bits per heavy atom. The molecule has 0 fully saturated rings. The lowest BCUT2D eigenvalue weighted by atomic mass is 10.00. The van der Waals surface area contributed by atoms with E-state index in [0.29, 0.717) is 12.8 Å². The highest BCUT2D eigenvalue weighted by Crippen LogP contribution is 2.07. The molecule has 0 radical (unpaired) electrons. The molecule has 6 heteroatoms. The van der Waals surface area contributed by atoms with Gasteiger partial charge in [0.15, 0.2) is 0 Å². The predicted octanol–water partition coefficient (Wildman–Crippen LogP) is 0.703. The normalized spacial score (nSPS) is 16.7. The van der Waals surface area contributed by atoms with Crippen molar-refractivity contribution in [3.05, 3.63) is 0 Å². The van der Waals surface area contributed by atoms with Crippen molar-refractivity contribution in [2.45, 2.75) is 65.5 Å². The Morgan fingerprint density at radius 2 is 1.19 bits per heavy atom. The number of hydrogen-bond acceptors (Lipinski definition) is 4. The van der Waals surface area contributed by atoms with E-state index >= 15 is 0 Å². The van der Waals surface area contributed by atoms with Crippen LogP contribution in [-0.2, 0) is 9.59 Å². The fourth-order valence-electron chi connectivity index (χ4n) is 2.02. The van der Waals surface area contributed by atoms with Crippen molar-refractivity contribution in [1.29, 1.82) is 0 Å². The Kier molecular flexibility index (Phi) is 9.99. The third-order valence-electron chi connectivity index (χ3n) is 3.78. The Labute approximate surface area is 128 Å². The highest BCUT2D eigenvalue weighted by Gasteiger charge is 2.17. The minimum atomic E-state index is -0.150. The number of nitrogens with one attached hydrogen (secondary N) is 2. The van der Waals surface area contributed by atoms with Crippen LogP contribution in [0.3, 0.4) is 0 Å². The lowest BCUT2D eigenvalue weighted by molar-refractivity contribution is -0.126. The van der Waals surface area contributed by atoms with Crippen molar-refractivity contribution in [2.75, 3.05) is 6.67 Å². The summed E-state index contributed by atoms with van der Waals surface area (Å²) in [5.74, 6) is -0.472. The van der Waals surface area contributed by atoms with Gasteiger partial charge in [-0.05, 0) is 25.7 Å². The molecule has 0 rings (SSSR count). The van der Waals surface area contributed by atoms with Gasteiger partial charge in [-0.25, -0.2) is 0 Å². The van der Waals surface area contributed by atoms with E-state index in [0.717, 1.165) is 12.8 Å². The van der Waals surface area contributed by atoms with Gasteiger partial charge >= 0.3 is 0 Å². The summed E-state index contributed by atoms with van der Waals surface area (Å²) in [4.78, 5) is 23.7. The zero-order valence-electron chi connectivity index (χ0n) is 13.8.